The van der Waals surface area contributed by atoms with E-state index < -0.39 is 4.92 Å². The fraction of sp³-hybridized carbons (Fsp3) is 0.182. The van der Waals surface area contributed by atoms with Crippen molar-refractivity contribution in [3.05, 3.63) is 51.2 Å². The number of benzene rings is 1. The molecular weight excluding hydrogens is 240 g/mol. The first-order valence-corrected chi connectivity index (χ1v) is 6.02. The second-order valence-corrected chi connectivity index (χ2v) is 4.09. The Hall–Kier alpha value is -1.82. The van der Waals surface area contributed by atoms with Crippen molar-refractivity contribution in [3.8, 4) is 0 Å². The molecule has 0 aliphatic carbocycles. The summed E-state index contributed by atoms with van der Waals surface area (Å²) in [5, 5.41) is 13.7. The number of anilines is 1. The highest BCUT2D eigenvalue weighted by molar-refractivity contribution is 8.02. The third kappa shape index (κ3) is 4.28. The van der Waals surface area contributed by atoms with Gasteiger partial charge in [-0.15, -0.1) is 11.8 Å². The van der Waals surface area contributed by atoms with Crippen LogP contribution in [-0.2, 0) is 0 Å². The Kier molecular flexibility index (Phi) is 4.71. The minimum Gasteiger partial charge on any atom is -0.345 e. The van der Waals surface area contributed by atoms with Crippen molar-refractivity contribution in [1.82, 2.24) is 0 Å². The van der Waals surface area contributed by atoms with Crippen LogP contribution in [0.5, 0.6) is 0 Å². The van der Waals surface area contributed by atoms with Crippen LogP contribution >= 0.6 is 11.8 Å². The molecule has 0 saturated carbocycles. The van der Waals surface area contributed by atoms with E-state index in [1.165, 1.54) is 18.7 Å². The summed E-state index contributed by atoms with van der Waals surface area (Å²) in [6.45, 7) is 1.47. The number of ketones is 1. The number of carbonyl (C=O) groups excluding carboxylic acids is 1. The molecule has 0 amide bonds. The summed E-state index contributed by atoms with van der Waals surface area (Å²) in [6, 6.07) is 6.83. The van der Waals surface area contributed by atoms with Gasteiger partial charge in [0, 0.05) is 11.3 Å². The Morgan fingerprint density at radius 3 is 2.76 bits per heavy atom. The summed E-state index contributed by atoms with van der Waals surface area (Å²) >= 11 is 1.23. The van der Waals surface area contributed by atoms with Crippen molar-refractivity contribution < 1.29 is 9.72 Å². The second-order valence-electron chi connectivity index (χ2n) is 3.24. The van der Waals surface area contributed by atoms with Gasteiger partial charge in [0.05, 0.1) is 4.92 Å². The molecule has 0 spiro atoms. The van der Waals surface area contributed by atoms with Crippen molar-refractivity contribution in [1.29, 1.82) is 0 Å². The molecule has 1 rings (SSSR count). The first kappa shape index (κ1) is 13.2. The molecule has 0 atom stereocenters. The van der Waals surface area contributed by atoms with Crippen LogP contribution in [0.3, 0.4) is 0 Å². The third-order valence-corrected chi connectivity index (χ3v) is 2.63. The van der Waals surface area contributed by atoms with E-state index in [-0.39, 0.29) is 5.78 Å². The molecule has 0 unspecified atom stereocenters. The van der Waals surface area contributed by atoms with E-state index in [2.05, 4.69) is 5.32 Å². The van der Waals surface area contributed by atoms with Crippen molar-refractivity contribution >= 4 is 23.2 Å². The number of hydrogen-bond donors (Lipinski definition) is 1. The van der Waals surface area contributed by atoms with Gasteiger partial charge in [0.2, 0.25) is 0 Å². The summed E-state index contributed by atoms with van der Waals surface area (Å²) in [7, 11) is 0. The summed E-state index contributed by atoms with van der Waals surface area (Å²) in [4.78, 5) is 21.0. The Morgan fingerprint density at radius 2 is 2.24 bits per heavy atom. The van der Waals surface area contributed by atoms with Crippen LogP contribution in [0.4, 0.5) is 5.69 Å². The van der Waals surface area contributed by atoms with E-state index in [0.29, 0.717) is 16.3 Å². The lowest BCUT2D eigenvalue weighted by molar-refractivity contribution is -0.402. The third-order valence-electron chi connectivity index (χ3n) is 1.98. The molecule has 90 valence electrons. The molecule has 0 radical (unpaired) electrons. The molecule has 0 aliphatic heterocycles. The highest BCUT2D eigenvalue weighted by Gasteiger charge is 2.04. The van der Waals surface area contributed by atoms with Gasteiger partial charge in [-0.25, -0.2) is 0 Å². The normalized spacial score (nSPS) is 11.1. The van der Waals surface area contributed by atoms with Gasteiger partial charge < -0.3 is 5.32 Å². The molecule has 0 saturated heterocycles. The van der Waals surface area contributed by atoms with Crippen LogP contribution in [0.2, 0.25) is 0 Å². The molecule has 5 nitrogen and oxygen atoms in total. The zero-order chi connectivity index (χ0) is 12.8. The van der Waals surface area contributed by atoms with Crippen LogP contribution in [-0.4, -0.2) is 17.0 Å². The quantitative estimate of drug-likeness (QED) is 0.495. The average Bonchev–Trinajstić information content (AvgIpc) is 2.28. The van der Waals surface area contributed by atoms with E-state index in [1.807, 2.05) is 0 Å². The number of thioether (sulfide) groups is 1. The maximum absolute atomic E-state index is 11.2. The van der Waals surface area contributed by atoms with Crippen molar-refractivity contribution in [2.45, 2.75) is 6.92 Å². The molecular formula is C11H12N2O3S. The van der Waals surface area contributed by atoms with E-state index in [4.69, 9.17) is 0 Å². The Balaban J connectivity index is 2.90. The van der Waals surface area contributed by atoms with Gasteiger partial charge in [0.15, 0.2) is 5.78 Å². The predicted molar refractivity (Wildman–Crippen MR) is 68.7 cm³/mol. The Morgan fingerprint density at radius 1 is 1.53 bits per heavy atom. The molecule has 1 aromatic rings. The van der Waals surface area contributed by atoms with Gasteiger partial charge in [0.1, 0.15) is 5.03 Å². The Bertz CT molecular complexity index is 472. The van der Waals surface area contributed by atoms with E-state index in [0.717, 1.165) is 6.20 Å². The van der Waals surface area contributed by atoms with Crippen LogP contribution in [0, 0.1) is 10.1 Å². The van der Waals surface area contributed by atoms with E-state index >= 15 is 0 Å². The first-order valence-electron chi connectivity index (χ1n) is 4.80. The van der Waals surface area contributed by atoms with Crippen LogP contribution in [0.15, 0.2) is 35.5 Å². The molecule has 0 heterocycles. The number of hydrogen-bond acceptors (Lipinski definition) is 5. The molecule has 1 aromatic carbocycles. The fourth-order valence-electron chi connectivity index (χ4n) is 1.19. The number of nitro groups is 1. The van der Waals surface area contributed by atoms with Crippen molar-refractivity contribution in [2.75, 3.05) is 11.6 Å². The van der Waals surface area contributed by atoms with Crippen LogP contribution in [0.25, 0.3) is 0 Å². The second kappa shape index (κ2) is 6.05. The van der Waals surface area contributed by atoms with Crippen LogP contribution in [0.1, 0.15) is 17.3 Å². The van der Waals surface area contributed by atoms with E-state index in [1.54, 1.807) is 30.5 Å². The number of Topliss-reactive ketones (excluding diaryl/α,β-unsaturated/α-hetero) is 1. The largest absolute Gasteiger partial charge is 0.345 e. The highest BCUT2D eigenvalue weighted by Crippen LogP contribution is 2.18. The number of rotatable bonds is 5. The standard InChI is InChI=1S/C11H12N2O3S/c1-8(14)9-4-3-5-10(6-9)12-11(17-2)7-13(15)16/h3-7,12H,1-2H3. The van der Waals surface area contributed by atoms with E-state index in [9.17, 15) is 14.9 Å². The minimum atomic E-state index is -0.520. The summed E-state index contributed by atoms with van der Waals surface area (Å²) in [5.74, 6) is -0.0439. The van der Waals surface area contributed by atoms with Gasteiger partial charge in [-0.05, 0) is 25.3 Å². The lowest BCUT2D eigenvalue weighted by Crippen LogP contribution is -2.00. The molecule has 1 N–H and O–H groups in total. The van der Waals surface area contributed by atoms with Crippen molar-refractivity contribution in [2.24, 2.45) is 0 Å². The summed E-state index contributed by atoms with van der Waals surface area (Å²) in [6.07, 6.45) is 2.63. The molecule has 0 fully saturated rings. The van der Waals surface area contributed by atoms with Gasteiger partial charge in [-0.1, -0.05) is 12.1 Å². The molecule has 0 aliphatic rings. The average molecular weight is 252 g/mol. The summed E-state index contributed by atoms with van der Waals surface area (Å²) in [5.41, 5.74) is 1.22. The van der Waals surface area contributed by atoms with Gasteiger partial charge in [0.25, 0.3) is 6.20 Å². The molecule has 0 bridgehead atoms. The van der Waals surface area contributed by atoms with Gasteiger partial charge >= 0.3 is 0 Å². The lowest BCUT2D eigenvalue weighted by atomic mass is 10.1. The van der Waals surface area contributed by atoms with Crippen LogP contribution < -0.4 is 5.32 Å². The predicted octanol–water partition coefficient (Wildman–Crippen LogP) is 2.74. The topological polar surface area (TPSA) is 72.2 Å². The number of nitrogens with one attached hydrogen (secondary N) is 1. The zero-order valence-corrected chi connectivity index (χ0v) is 10.3. The first-order chi connectivity index (χ1) is 8.02. The Labute approximate surface area is 103 Å². The number of carbonyl (C=O) groups is 1. The maximum atomic E-state index is 11.2. The minimum absolute atomic E-state index is 0.0439. The monoisotopic (exact) mass is 252 g/mol. The maximum Gasteiger partial charge on any atom is 0.264 e. The smallest absolute Gasteiger partial charge is 0.264 e. The van der Waals surface area contributed by atoms with Gasteiger partial charge in [-0.2, -0.15) is 0 Å². The van der Waals surface area contributed by atoms with Gasteiger partial charge in [-0.3, -0.25) is 14.9 Å². The number of nitrogens with zero attached hydrogens (tertiary/aromatic N) is 1. The highest BCUT2D eigenvalue weighted by atomic mass is 32.2. The molecule has 6 heteroatoms. The summed E-state index contributed by atoms with van der Waals surface area (Å²) < 4.78 is 0. The SMILES string of the molecule is CSC(=C[N+](=O)[O-])Nc1cccc(C(C)=O)c1. The lowest BCUT2D eigenvalue weighted by Gasteiger charge is -2.06. The molecule has 0 aromatic heterocycles. The molecule has 17 heavy (non-hydrogen) atoms. The van der Waals surface area contributed by atoms with Crippen molar-refractivity contribution in [3.63, 3.8) is 0 Å². The fourth-order valence-corrected chi connectivity index (χ4v) is 1.60. The zero-order valence-electron chi connectivity index (χ0n) is 9.47.